The molecule has 6 rings (SSSR count). The first-order valence-corrected chi connectivity index (χ1v) is 18.0. The lowest BCUT2D eigenvalue weighted by atomic mass is 10.1. The largest absolute Gasteiger partial charge is 0.443 e. The Morgan fingerprint density at radius 1 is 0.636 bits per heavy atom. The van der Waals surface area contributed by atoms with E-state index < -0.39 is 33.9 Å². The first-order chi connectivity index (χ1) is 25.6. The van der Waals surface area contributed by atoms with E-state index >= 15 is 0 Å². The van der Waals surface area contributed by atoms with Crippen molar-refractivity contribution in [2.24, 2.45) is 0 Å². The van der Waals surface area contributed by atoms with E-state index in [0.29, 0.717) is 23.1 Å². The van der Waals surface area contributed by atoms with Crippen molar-refractivity contribution in [2.45, 2.75) is 99.4 Å². The molecule has 3 heterocycles. The molecule has 0 bridgehead atoms. The molecule has 14 heteroatoms. The van der Waals surface area contributed by atoms with Gasteiger partial charge in [-0.1, -0.05) is 32.0 Å². The van der Waals surface area contributed by atoms with E-state index in [1.165, 1.54) is 27.5 Å². The third-order valence-electron chi connectivity index (χ3n) is 7.53. The molecule has 0 unspecified atom stereocenters. The number of nitrogens with zero attached hydrogens (tertiary/aromatic N) is 4. The molecule has 1 aliphatic heterocycles. The van der Waals surface area contributed by atoms with E-state index in [0.717, 1.165) is 34.3 Å². The van der Waals surface area contributed by atoms with E-state index in [-0.39, 0.29) is 11.8 Å². The molecule has 0 aliphatic carbocycles. The lowest BCUT2D eigenvalue weighted by molar-refractivity contribution is -0.383. The molecule has 5 aromatic rings. The van der Waals surface area contributed by atoms with Gasteiger partial charge in [0.25, 0.3) is 5.69 Å². The van der Waals surface area contributed by atoms with E-state index in [1.807, 2.05) is 97.9 Å². The van der Waals surface area contributed by atoms with Crippen LogP contribution in [0.1, 0.15) is 81.7 Å². The van der Waals surface area contributed by atoms with Crippen LogP contribution < -0.4 is 16.4 Å². The molecule has 1 amide bonds. The summed E-state index contributed by atoms with van der Waals surface area (Å²) in [6.07, 6.45) is 2.70. The minimum Gasteiger partial charge on any atom is -0.443 e. The number of non-ortho nitro benzene ring substituents is 1. The number of nitrogens with two attached hydrogens (primary N) is 2. The number of carbonyl (C=O) groups excluding carboxylic acids is 3. The van der Waals surface area contributed by atoms with Crippen molar-refractivity contribution in [3.63, 3.8) is 0 Å². The molecular weight excluding hydrogens is 704 g/mol. The molecule has 4 N–H and O–H groups in total. The number of carbonyl (C=O) groups is 3. The van der Waals surface area contributed by atoms with E-state index in [4.69, 9.17) is 25.7 Å². The Bertz CT molecular complexity index is 2150. The quantitative estimate of drug-likeness (QED) is 0.0721. The maximum absolute atomic E-state index is 12.0. The molecule has 0 saturated heterocycles. The number of amides is 1. The monoisotopic (exact) mass is 758 g/mol. The number of nitro benzene ring substituents is 1. The van der Waals surface area contributed by atoms with Crippen LogP contribution in [-0.4, -0.2) is 55.7 Å². The summed E-state index contributed by atoms with van der Waals surface area (Å²) in [7, 11) is 0. The SMILES string of the molecule is CC.CC(C)(C)OC(=O)N1CCc2c(N)cccc21.CC(C)(C)OC(=O)n1ccc2c(N)cccc21.CC(C)(C)OC(=O)n1ccc2c([N+](=O)[O-])cccc21. The molecule has 0 radical (unpaired) electrons. The van der Waals surface area contributed by atoms with Crippen molar-refractivity contribution in [2.75, 3.05) is 22.9 Å². The van der Waals surface area contributed by atoms with Gasteiger partial charge in [-0.3, -0.25) is 24.1 Å². The lowest BCUT2D eigenvalue weighted by Gasteiger charge is -2.24. The van der Waals surface area contributed by atoms with Crippen molar-refractivity contribution >= 4 is 62.8 Å². The van der Waals surface area contributed by atoms with Crippen LogP contribution in [0.25, 0.3) is 21.8 Å². The van der Waals surface area contributed by atoms with E-state index in [9.17, 15) is 24.5 Å². The summed E-state index contributed by atoms with van der Waals surface area (Å²) in [6.45, 7) is 21.0. The Hall–Kier alpha value is -6.05. The van der Waals surface area contributed by atoms with Crippen LogP contribution in [0, 0.1) is 10.1 Å². The molecule has 0 spiro atoms. The summed E-state index contributed by atoms with van der Waals surface area (Å²) in [5.74, 6) is 0. The summed E-state index contributed by atoms with van der Waals surface area (Å²) in [6, 6.07) is 19.0. The van der Waals surface area contributed by atoms with Gasteiger partial charge in [-0.2, -0.15) is 0 Å². The van der Waals surface area contributed by atoms with Crippen LogP contribution in [0.3, 0.4) is 0 Å². The van der Waals surface area contributed by atoms with Crippen molar-refractivity contribution in [3.8, 4) is 0 Å². The molecule has 0 saturated carbocycles. The second-order valence-corrected chi connectivity index (χ2v) is 15.3. The number of fused-ring (bicyclic) bond motifs is 3. The Morgan fingerprint density at radius 2 is 1.07 bits per heavy atom. The van der Waals surface area contributed by atoms with Gasteiger partial charge in [0.2, 0.25) is 0 Å². The Kier molecular flexibility index (Phi) is 13.7. The van der Waals surface area contributed by atoms with Gasteiger partial charge < -0.3 is 25.7 Å². The lowest BCUT2D eigenvalue weighted by Crippen LogP contribution is -2.35. The highest BCUT2D eigenvalue weighted by molar-refractivity contribution is 5.97. The fourth-order valence-corrected chi connectivity index (χ4v) is 5.41. The predicted octanol–water partition coefficient (Wildman–Crippen LogP) is 9.93. The zero-order chi connectivity index (χ0) is 41.5. The molecule has 14 nitrogen and oxygen atoms in total. The number of nitro groups is 1. The Morgan fingerprint density at radius 3 is 1.58 bits per heavy atom. The Balaban J connectivity index is 0.000000217. The van der Waals surface area contributed by atoms with Crippen LogP contribution in [0.4, 0.5) is 37.1 Å². The maximum Gasteiger partial charge on any atom is 0.418 e. The van der Waals surface area contributed by atoms with Crippen molar-refractivity contribution in [3.05, 3.63) is 94.8 Å². The van der Waals surface area contributed by atoms with Gasteiger partial charge in [-0.15, -0.1) is 0 Å². The maximum atomic E-state index is 12.0. The molecule has 296 valence electrons. The number of hydrogen-bond donors (Lipinski definition) is 2. The highest BCUT2D eigenvalue weighted by Crippen LogP contribution is 2.33. The molecule has 55 heavy (non-hydrogen) atoms. The first kappa shape index (κ1) is 43.4. The number of rotatable bonds is 1. The Labute approximate surface area is 322 Å². The second kappa shape index (κ2) is 17.4. The number of nitrogen functional groups attached to an aromatic ring is 2. The molecule has 1 aliphatic rings. The summed E-state index contributed by atoms with van der Waals surface area (Å²) in [5.41, 5.74) is 14.6. The minimum absolute atomic E-state index is 0.0280. The summed E-state index contributed by atoms with van der Waals surface area (Å²) < 4.78 is 18.7. The topological polar surface area (TPSA) is 187 Å². The van der Waals surface area contributed by atoms with Crippen LogP contribution >= 0.6 is 0 Å². The van der Waals surface area contributed by atoms with Crippen LogP contribution in [0.2, 0.25) is 0 Å². The summed E-state index contributed by atoms with van der Waals surface area (Å²) >= 11 is 0. The van der Waals surface area contributed by atoms with Crippen LogP contribution in [-0.2, 0) is 20.6 Å². The number of benzene rings is 3. The summed E-state index contributed by atoms with van der Waals surface area (Å²) in [5, 5.41) is 12.2. The number of anilines is 3. The smallest absolute Gasteiger partial charge is 0.418 e. The highest BCUT2D eigenvalue weighted by atomic mass is 16.6. The average molecular weight is 759 g/mol. The molecule has 2 aromatic heterocycles. The average Bonchev–Trinajstić information content (AvgIpc) is 3.82. The minimum atomic E-state index is -0.617. The predicted molar refractivity (Wildman–Crippen MR) is 218 cm³/mol. The number of aromatic nitrogens is 2. The van der Waals surface area contributed by atoms with Crippen molar-refractivity contribution < 1.29 is 33.5 Å². The van der Waals surface area contributed by atoms with E-state index in [1.54, 1.807) is 44.0 Å². The van der Waals surface area contributed by atoms with Gasteiger partial charge in [0, 0.05) is 47.3 Å². The first-order valence-electron chi connectivity index (χ1n) is 18.0. The third kappa shape index (κ3) is 11.5. The molecular formula is C41H54N6O8. The van der Waals surface area contributed by atoms with Crippen molar-refractivity contribution in [1.82, 2.24) is 9.13 Å². The zero-order valence-electron chi connectivity index (χ0n) is 33.6. The van der Waals surface area contributed by atoms with Gasteiger partial charge in [-0.25, -0.2) is 14.4 Å². The normalized spacial score (nSPS) is 12.2. The number of ether oxygens (including phenoxy) is 3. The number of hydrogen-bond acceptors (Lipinski definition) is 10. The fraction of sp³-hybridized carbons (Fsp3) is 0.390. The van der Waals surface area contributed by atoms with Gasteiger partial charge in [0.15, 0.2) is 0 Å². The molecule has 0 fully saturated rings. The molecule has 3 aromatic carbocycles. The molecule has 0 atom stereocenters. The van der Waals surface area contributed by atoms with Gasteiger partial charge in [0.05, 0.1) is 27.0 Å². The third-order valence-corrected chi connectivity index (χ3v) is 7.53. The standard InChI is InChI=1S/C13H14N2O4.C13H18N2O2.C13H16N2O2.C2H6/c1-13(2,3)19-12(16)14-8-7-9-10(14)5-4-6-11(9)15(17)18;2*1-13(2,3)17-12(16)15-8-7-9-10(14)5-4-6-11(9)15;1-2/h4-8H,1-3H3;4-6H,7-8,14H2,1-3H3;4-8H,14H2,1-3H3;1-2H3. The fourth-order valence-electron chi connectivity index (χ4n) is 5.41. The van der Waals surface area contributed by atoms with Crippen molar-refractivity contribution in [1.29, 1.82) is 0 Å². The van der Waals surface area contributed by atoms with Gasteiger partial charge in [-0.05, 0) is 111 Å². The van der Waals surface area contributed by atoms with E-state index in [2.05, 4.69) is 0 Å². The van der Waals surface area contributed by atoms with Gasteiger partial charge >= 0.3 is 18.3 Å². The van der Waals surface area contributed by atoms with Gasteiger partial charge in [0.1, 0.15) is 16.8 Å². The van der Waals surface area contributed by atoms with Crippen LogP contribution in [0.15, 0.2) is 79.1 Å². The zero-order valence-corrected chi connectivity index (χ0v) is 33.6. The van der Waals surface area contributed by atoms with Crippen LogP contribution in [0.5, 0.6) is 0 Å². The highest BCUT2D eigenvalue weighted by Gasteiger charge is 2.30. The second-order valence-electron chi connectivity index (χ2n) is 15.3. The summed E-state index contributed by atoms with van der Waals surface area (Å²) in [4.78, 5) is 48.0.